The maximum atomic E-state index is 12.0. The third kappa shape index (κ3) is 5.07. The van der Waals surface area contributed by atoms with Crippen molar-refractivity contribution in [2.24, 2.45) is 5.92 Å². The summed E-state index contributed by atoms with van der Waals surface area (Å²) in [5.41, 5.74) is 0.169. The summed E-state index contributed by atoms with van der Waals surface area (Å²) in [7, 11) is 0. The van der Waals surface area contributed by atoms with Gasteiger partial charge in [-0.3, -0.25) is 4.79 Å². The van der Waals surface area contributed by atoms with Gasteiger partial charge in [0.05, 0.1) is 6.07 Å². The fourth-order valence-corrected chi connectivity index (χ4v) is 2.93. The molecular weight excluding hydrogens is 312 g/mol. The highest BCUT2D eigenvalue weighted by Crippen LogP contribution is 2.23. The molecule has 126 valence electrons. The van der Waals surface area contributed by atoms with Crippen LogP contribution in [0.1, 0.15) is 54.2 Å². The van der Waals surface area contributed by atoms with E-state index in [2.05, 4.69) is 18.3 Å². The number of hydrogen-bond donors (Lipinski definition) is 1. The van der Waals surface area contributed by atoms with E-state index in [0.29, 0.717) is 4.88 Å². The summed E-state index contributed by atoms with van der Waals surface area (Å²) in [4.78, 5) is 25.5. The molecule has 1 aromatic rings. The van der Waals surface area contributed by atoms with Gasteiger partial charge in [0.2, 0.25) is 0 Å². The molecule has 0 bridgehead atoms. The number of rotatable bonds is 7. The Kier molecular flexibility index (Phi) is 6.77. The van der Waals surface area contributed by atoms with E-state index in [1.165, 1.54) is 11.3 Å². The summed E-state index contributed by atoms with van der Waals surface area (Å²) in [5, 5.41) is 11.8. The zero-order chi connectivity index (χ0) is 17.6. The second-order valence-corrected chi connectivity index (χ2v) is 7.29. The molecule has 0 spiro atoms. The fraction of sp³-hybridized carbons (Fsp3) is 0.588. The topological polar surface area (TPSA) is 79.2 Å². The molecule has 6 heteroatoms. The molecule has 0 aliphatic rings. The minimum Gasteiger partial charge on any atom is -0.451 e. The number of hydrogen-bond acceptors (Lipinski definition) is 5. The molecule has 0 radical (unpaired) electrons. The molecule has 1 heterocycles. The maximum Gasteiger partial charge on any atom is 0.348 e. The minimum atomic E-state index is -0.975. The van der Waals surface area contributed by atoms with Crippen molar-refractivity contribution >= 4 is 23.2 Å². The maximum absolute atomic E-state index is 12.0. The molecule has 5 nitrogen and oxygen atoms in total. The minimum absolute atomic E-state index is 0.0521. The van der Waals surface area contributed by atoms with E-state index in [4.69, 9.17) is 4.74 Å². The summed E-state index contributed by atoms with van der Waals surface area (Å²) in [6.07, 6.45) is 1.93. The van der Waals surface area contributed by atoms with Crippen molar-refractivity contribution < 1.29 is 14.3 Å². The van der Waals surface area contributed by atoms with Crippen molar-refractivity contribution in [2.45, 2.75) is 53.0 Å². The SMILES string of the molecule is CCCc1cc(C(=O)OCC(=O)N[C@@](C)(C#N)C(C)C)sc1C. The molecule has 1 rings (SSSR count). The first-order valence-corrected chi connectivity index (χ1v) is 8.53. The van der Waals surface area contributed by atoms with E-state index < -0.39 is 17.4 Å². The quantitative estimate of drug-likeness (QED) is 0.775. The molecule has 0 aromatic carbocycles. The molecule has 0 aliphatic heterocycles. The molecule has 1 amide bonds. The van der Waals surface area contributed by atoms with Gasteiger partial charge in [-0.15, -0.1) is 11.3 Å². The van der Waals surface area contributed by atoms with Crippen molar-refractivity contribution in [3.63, 3.8) is 0 Å². The number of nitrogens with one attached hydrogen (secondary N) is 1. The van der Waals surface area contributed by atoms with Crippen LogP contribution in [0, 0.1) is 24.2 Å². The number of thiophene rings is 1. The Morgan fingerprint density at radius 1 is 1.48 bits per heavy atom. The second kappa shape index (κ2) is 8.11. The Hall–Kier alpha value is -1.87. The largest absolute Gasteiger partial charge is 0.451 e. The first-order chi connectivity index (χ1) is 10.7. The van der Waals surface area contributed by atoms with E-state index in [0.717, 1.165) is 23.3 Å². The summed E-state index contributed by atoms with van der Waals surface area (Å²) in [6, 6.07) is 3.91. The molecule has 1 atom stereocenters. The summed E-state index contributed by atoms with van der Waals surface area (Å²) < 4.78 is 5.06. The Bertz CT molecular complexity index is 616. The lowest BCUT2D eigenvalue weighted by molar-refractivity contribution is -0.125. The average molecular weight is 336 g/mol. The first kappa shape index (κ1) is 19.2. The van der Waals surface area contributed by atoms with Crippen LogP contribution in [0.3, 0.4) is 0 Å². The summed E-state index contributed by atoms with van der Waals surface area (Å²) >= 11 is 1.38. The Morgan fingerprint density at radius 3 is 2.65 bits per heavy atom. The van der Waals surface area contributed by atoms with Crippen LogP contribution >= 0.6 is 11.3 Å². The molecule has 1 aromatic heterocycles. The van der Waals surface area contributed by atoms with Crippen LogP contribution in [0.4, 0.5) is 0 Å². The molecule has 0 aliphatic carbocycles. The molecular formula is C17H24N2O3S. The van der Waals surface area contributed by atoms with Crippen molar-refractivity contribution in [3.8, 4) is 6.07 Å². The van der Waals surface area contributed by atoms with E-state index in [9.17, 15) is 14.9 Å². The average Bonchev–Trinajstić information content (AvgIpc) is 2.86. The van der Waals surface area contributed by atoms with E-state index >= 15 is 0 Å². The smallest absolute Gasteiger partial charge is 0.348 e. The summed E-state index contributed by atoms with van der Waals surface area (Å²) in [6.45, 7) is 9.01. The highest BCUT2D eigenvalue weighted by atomic mass is 32.1. The lowest BCUT2D eigenvalue weighted by Crippen LogP contribution is -2.50. The highest BCUT2D eigenvalue weighted by Gasteiger charge is 2.30. The zero-order valence-corrected chi connectivity index (χ0v) is 15.2. The van der Waals surface area contributed by atoms with Gasteiger partial charge in [0.15, 0.2) is 6.61 Å². The number of esters is 1. The molecule has 0 fully saturated rings. The van der Waals surface area contributed by atoms with Gasteiger partial charge in [0, 0.05) is 4.88 Å². The number of carbonyl (C=O) groups is 2. The van der Waals surface area contributed by atoms with Crippen molar-refractivity contribution in [3.05, 3.63) is 21.4 Å². The number of aryl methyl sites for hydroxylation is 2. The number of amides is 1. The number of nitrogens with zero attached hydrogens (tertiary/aromatic N) is 1. The predicted molar refractivity (Wildman–Crippen MR) is 90.3 cm³/mol. The highest BCUT2D eigenvalue weighted by molar-refractivity contribution is 7.14. The first-order valence-electron chi connectivity index (χ1n) is 7.72. The van der Waals surface area contributed by atoms with Crippen LogP contribution in [0.15, 0.2) is 6.07 Å². The van der Waals surface area contributed by atoms with E-state index in [-0.39, 0.29) is 12.5 Å². The fourth-order valence-electron chi connectivity index (χ4n) is 1.97. The lowest BCUT2D eigenvalue weighted by Gasteiger charge is -2.27. The van der Waals surface area contributed by atoms with Gasteiger partial charge >= 0.3 is 5.97 Å². The van der Waals surface area contributed by atoms with Gasteiger partial charge < -0.3 is 10.1 Å². The van der Waals surface area contributed by atoms with E-state index in [1.807, 2.05) is 26.8 Å². The van der Waals surface area contributed by atoms with Gasteiger partial charge in [0.25, 0.3) is 5.91 Å². The molecule has 1 N–H and O–H groups in total. The van der Waals surface area contributed by atoms with E-state index in [1.54, 1.807) is 6.92 Å². The lowest BCUT2D eigenvalue weighted by atomic mass is 9.90. The van der Waals surface area contributed by atoms with Gasteiger partial charge in [-0.25, -0.2) is 4.79 Å². The van der Waals surface area contributed by atoms with Crippen LogP contribution in [-0.4, -0.2) is 24.0 Å². The second-order valence-electron chi connectivity index (χ2n) is 6.04. The molecule has 23 heavy (non-hydrogen) atoms. The zero-order valence-electron chi connectivity index (χ0n) is 14.4. The number of ether oxygens (including phenoxy) is 1. The van der Waals surface area contributed by atoms with Crippen molar-refractivity contribution in [1.82, 2.24) is 5.32 Å². The Labute approximate surface area is 141 Å². The predicted octanol–water partition coefficient (Wildman–Crippen LogP) is 3.22. The van der Waals surface area contributed by atoms with Gasteiger partial charge in [-0.2, -0.15) is 5.26 Å². The van der Waals surface area contributed by atoms with Crippen LogP contribution in [0.2, 0.25) is 0 Å². The van der Waals surface area contributed by atoms with Crippen molar-refractivity contribution in [2.75, 3.05) is 6.61 Å². The van der Waals surface area contributed by atoms with Gasteiger partial charge in [0.1, 0.15) is 10.4 Å². The monoisotopic (exact) mass is 336 g/mol. The van der Waals surface area contributed by atoms with Gasteiger partial charge in [-0.1, -0.05) is 27.2 Å². The normalized spacial score (nSPS) is 13.3. The Balaban J connectivity index is 2.61. The standard InChI is InChI=1S/C17H24N2O3S/c1-6-7-13-8-14(23-12(13)4)16(21)22-9-15(20)19-17(5,10-18)11(2)3/h8,11H,6-7,9H2,1-5H3,(H,19,20)/t17-/m0/s1. The van der Waals surface area contributed by atoms with Crippen molar-refractivity contribution in [1.29, 1.82) is 5.26 Å². The van der Waals surface area contributed by atoms with Gasteiger partial charge in [-0.05, 0) is 37.8 Å². The number of nitriles is 1. The number of carbonyl (C=O) groups excluding carboxylic acids is 2. The van der Waals surface area contributed by atoms with Crippen LogP contribution in [0.5, 0.6) is 0 Å². The third-order valence-corrected chi connectivity index (χ3v) is 4.93. The van der Waals surface area contributed by atoms with Crippen LogP contribution in [-0.2, 0) is 16.0 Å². The Morgan fingerprint density at radius 2 is 2.13 bits per heavy atom. The summed E-state index contributed by atoms with van der Waals surface area (Å²) in [5.74, 6) is -1.03. The van der Waals surface area contributed by atoms with Crippen LogP contribution < -0.4 is 5.32 Å². The third-order valence-electron chi connectivity index (χ3n) is 3.86. The van der Waals surface area contributed by atoms with Crippen LogP contribution in [0.25, 0.3) is 0 Å². The molecule has 0 saturated carbocycles. The molecule has 0 saturated heterocycles. The molecule has 0 unspecified atom stereocenters.